The van der Waals surface area contributed by atoms with Gasteiger partial charge in [0.25, 0.3) is 0 Å². The first-order valence-corrected chi connectivity index (χ1v) is 9.68. The van der Waals surface area contributed by atoms with Gasteiger partial charge in [-0.1, -0.05) is 58.8 Å². The summed E-state index contributed by atoms with van der Waals surface area (Å²) in [5.41, 5.74) is 0. The molecular weight excluding hydrogens is 288 g/mol. The third-order valence-electron chi connectivity index (χ3n) is 4.59. The Bertz CT molecular complexity index is 293. The summed E-state index contributed by atoms with van der Waals surface area (Å²) >= 11 is 0. The van der Waals surface area contributed by atoms with E-state index in [1.807, 2.05) is 14.1 Å². The van der Waals surface area contributed by atoms with E-state index in [9.17, 15) is 4.79 Å². The molecule has 0 radical (unpaired) electrons. The van der Waals surface area contributed by atoms with Crippen molar-refractivity contribution < 1.29 is 14.4 Å². The molecule has 0 fully saturated rings. The molecule has 0 aromatic heterocycles. The number of unbranched alkanes of at least 4 members (excludes halogenated alkanes) is 6. The highest BCUT2D eigenvalue weighted by Gasteiger charge is 2.18. The van der Waals surface area contributed by atoms with Gasteiger partial charge in [-0.25, -0.2) is 4.79 Å². The lowest BCUT2D eigenvalue weighted by Crippen LogP contribution is -2.45. The molecule has 1 atom stereocenters. The van der Waals surface area contributed by atoms with Gasteiger partial charge in [-0.3, -0.25) is 0 Å². The monoisotopic (exact) mass is 329 g/mol. The fraction of sp³-hybridized carbons (Fsp3) is 0.947. The van der Waals surface area contributed by atoms with Crippen LogP contribution in [0.1, 0.15) is 78.1 Å². The molecule has 0 aliphatic rings. The van der Waals surface area contributed by atoms with Crippen molar-refractivity contribution in [1.82, 2.24) is 5.32 Å². The summed E-state index contributed by atoms with van der Waals surface area (Å²) in [5, 5.41) is 12.5. The van der Waals surface area contributed by atoms with Crippen molar-refractivity contribution in [3.63, 3.8) is 0 Å². The summed E-state index contributed by atoms with van der Waals surface area (Å²) in [6, 6.07) is 0.626. The minimum Gasteiger partial charge on any atom is -0.477 e. The predicted molar refractivity (Wildman–Crippen MR) is 98.8 cm³/mol. The van der Waals surface area contributed by atoms with Crippen LogP contribution in [0, 0.1) is 0 Å². The molecule has 0 amide bonds. The van der Waals surface area contributed by atoms with Crippen LogP contribution in [-0.4, -0.2) is 55.3 Å². The molecule has 0 heterocycles. The molecule has 0 bridgehead atoms. The minimum absolute atomic E-state index is 0.204. The van der Waals surface area contributed by atoms with Gasteiger partial charge in [0.1, 0.15) is 0 Å². The summed E-state index contributed by atoms with van der Waals surface area (Å²) in [6.07, 6.45) is 13.1. The Balaban J connectivity index is 3.64. The Morgan fingerprint density at radius 3 is 2.17 bits per heavy atom. The Morgan fingerprint density at radius 1 is 1.00 bits per heavy atom. The number of rotatable bonds is 16. The first-order chi connectivity index (χ1) is 10.9. The molecule has 0 aromatic rings. The molecule has 1 unspecified atom stereocenters. The smallest absolute Gasteiger partial charge is 0.359 e. The van der Waals surface area contributed by atoms with Crippen LogP contribution in [0.25, 0.3) is 0 Å². The van der Waals surface area contributed by atoms with E-state index in [0.29, 0.717) is 10.5 Å². The highest BCUT2D eigenvalue weighted by molar-refractivity contribution is 5.67. The van der Waals surface area contributed by atoms with Crippen LogP contribution in [0.3, 0.4) is 0 Å². The van der Waals surface area contributed by atoms with Gasteiger partial charge in [-0.05, 0) is 12.8 Å². The second-order valence-corrected chi connectivity index (χ2v) is 7.53. The summed E-state index contributed by atoms with van der Waals surface area (Å²) in [4.78, 5) is 10.8. The quantitative estimate of drug-likeness (QED) is 0.332. The maximum Gasteiger partial charge on any atom is 0.359 e. The van der Waals surface area contributed by atoms with Crippen molar-refractivity contribution in [3.8, 4) is 0 Å². The zero-order valence-corrected chi connectivity index (χ0v) is 16.1. The van der Waals surface area contributed by atoms with Crippen LogP contribution in [0.2, 0.25) is 0 Å². The highest BCUT2D eigenvalue weighted by Crippen LogP contribution is 2.11. The van der Waals surface area contributed by atoms with E-state index in [-0.39, 0.29) is 6.54 Å². The number of quaternary nitrogens is 1. The normalized spacial score (nSPS) is 13.2. The number of likely N-dealkylation sites (N-methyl/N-ethyl adjacent to an activating group) is 1. The van der Waals surface area contributed by atoms with Gasteiger partial charge in [0.05, 0.1) is 20.6 Å². The number of hydrogen-bond donors (Lipinski definition) is 2. The number of nitrogens with one attached hydrogen (secondary N) is 1. The molecule has 4 nitrogen and oxygen atoms in total. The number of carboxylic acid groups (broad SMARTS) is 1. The van der Waals surface area contributed by atoms with E-state index < -0.39 is 5.97 Å². The van der Waals surface area contributed by atoms with Crippen LogP contribution < -0.4 is 5.32 Å². The zero-order chi connectivity index (χ0) is 17.6. The van der Waals surface area contributed by atoms with Crippen molar-refractivity contribution in [2.45, 2.75) is 84.1 Å². The number of carboxylic acids is 1. The van der Waals surface area contributed by atoms with Gasteiger partial charge in [0.15, 0.2) is 6.54 Å². The number of hydrogen-bond acceptors (Lipinski definition) is 2. The SMILES string of the molecule is CCCCCCCCCC(CC)NCCC[N+](C)(C)CC(=O)O. The summed E-state index contributed by atoms with van der Waals surface area (Å²) in [5.74, 6) is -0.715. The van der Waals surface area contributed by atoms with Gasteiger partial charge >= 0.3 is 5.97 Å². The molecule has 0 saturated carbocycles. The number of aliphatic carboxylic acids is 1. The van der Waals surface area contributed by atoms with Crippen LogP contribution in [0.15, 0.2) is 0 Å². The average Bonchev–Trinajstić information content (AvgIpc) is 2.47. The maximum absolute atomic E-state index is 10.8. The van der Waals surface area contributed by atoms with Gasteiger partial charge in [0.2, 0.25) is 0 Å². The van der Waals surface area contributed by atoms with Crippen LogP contribution in [0.5, 0.6) is 0 Å². The first kappa shape index (κ1) is 22.4. The van der Waals surface area contributed by atoms with E-state index in [4.69, 9.17) is 5.11 Å². The molecule has 138 valence electrons. The average molecular weight is 330 g/mol. The third-order valence-corrected chi connectivity index (χ3v) is 4.59. The second-order valence-electron chi connectivity index (χ2n) is 7.53. The summed E-state index contributed by atoms with van der Waals surface area (Å²) < 4.78 is 0.561. The van der Waals surface area contributed by atoms with Gasteiger partial charge in [-0.15, -0.1) is 0 Å². The third kappa shape index (κ3) is 14.7. The van der Waals surface area contributed by atoms with Crippen molar-refractivity contribution in [1.29, 1.82) is 0 Å². The standard InChI is InChI=1S/C19H40N2O2/c1-5-7-8-9-10-11-12-14-18(6-2)20-15-13-16-21(3,4)17-19(22)23/h18,20H,5-17H2,1-4H3/p+1. The molecule has 0 aliphatic heterocycles. The Kier molecular flexibility index (Phi) is 13.4. The fourth-order valence-electron chi connectivity index (χ4n) is 3.06. The lowest BCUT2D eigenvalue weighted by atomic mass is 10.0. The fourth-order valence-corrected chi connectivity index (χ4v) is 3.06. The topological polar surface area (TPSA) is 49.3 Å². The van der Waals surface area contributed by atoms with Crippen molar-refractivity contribution in [2.24, 2.45) is 0 Å². The minimum atomic E-state index is -0.715. The van der Waals surface area contributed by atoms with Gasteiger partial charge < -0.3 is 14.9 Å². The molecule has 2 N–H and O–H groups in total. The van der Waals surface area contributed by atoms with Crippen molar-refractivity contribution in [2.75, 3.05) is 33.7 Å². The maximum atomic E-state index is 10.8. The predicted octanol–water partition coefficient (Wildman–Crippen LogP) is 4.05. The zero-order valence-electron chi connectivity index (χ0n) is 16.1. The van der Waals surface area contributed by atoms with E-state index in [1.165, 1.54) is 57.8 Å². The molecule has 0 aromatic carbocycles. The molecule has 0 saturated heterocycles. The Morgan fingerprint density at radius 2 is 1.61 bits per heavy atom. The van der Waals surface area contributed by atoms with E-state index >= 15 is 0 Å². The van der Waals surface area contributed by atoms with E-state index in [1.54, 1.807) is 0 Å². The Hall–Kier alpha value is -0.610. The molecular formula is C19H41N2O2+. The molecule has 4 heteroatoms. The highest BCUT2D eigenvalue weighted by atomic mass is 16.4. The van der Waals surface area contributed by atoms with Gasteiger partial charge in [0, 0.05) is 19.0 Å². The number of carbonyl (C=O) groups is 1. The van der Waals surface area contributed by atoms with Crippen LogP contribution in [-0.2, 0) is 4.79 Å². The van der Waals surface area contributed by atoms with Crippen molar-refractivity contribution in [3.05, 3.63) is 0 Å². The molecule has 0 spiro atoms. The van der Waals surface area contributed by atoms with Gasteiger partial charge in [-0.2, -0.15) is 0 Å². The Labute approximate surface area is 144 Å². The molecule has 23 heavy (non-hydrogen) atoms. The van der Waals surface area contributed by atoms with E-state index in [2.05, 4.69) is 19.2 Å². The van der Waals surface area contributed by atoms with E-state index in [0.717, 1.165) is 19.5 Å². The molecule has 0 aliphatic carbocycles. The largest absolute Gasteiger partial charge is 0.477 e. The number of nitrogens with zero attached hydrogens (tertiary/aromatic N) is 1. The summed E-state index contributed by atoms with van der Waals surface area (Å²) in [6.45, 7) is 6.63. The van der Waals surface area contributed by atoms with Crippen molar-refractivity contribution >= 4 is 5.97 Å². The lowest BCUT2D eigenvalue weighted by Gasteiger charge is -2.28. The lowest BCUT2D eigenvalue weighted by molar-refractivity contribution is -0.883. The molecule has 0 rings (SSSR count). The van der Waals surface area contributed by atoms with Crippen LogP contribution in [0.4, 0.5) is 0 Å². The first-order valence-electron chi connectivity index (χ1n) is 9.68. The van der Waals surface area contributed by atoms with Crippen LogP contribution >= 0.6 is 0 Å². The summed E-state index contributed by atoms with van der Waals surface area (Å²) in [7, 11) is 3.98. The second kappa shape index (κ2) is 13.8.